The van der Waals surface area contributed by atoms with Crippen LogP contribution < -0.4 is 4.90 Å². The average Bonchev–Trinajstić information content (AvgIpc) is 2.79. The Hall–Kier alpha value is -2.16. The van der Waals surface area contributed by atoms with Gasteiger partial charge < -0.3 is 0 Å². The summed E-state index contributed by atoms with van der Waals surface area (Å²) >= 11 is 0. The molecule has 106 valence electrons. The maximum atomic E-state index is 12.7. The molecule has 21 heavy (non-hydrogen) atoms. The second kappa shape index (κ2) is 4.69. The smallest absolute Gasteiger partial charge is 0.237 e. The van der Waals surface area contributed by atoms with Gasteiger partial charge in [-0.25, -0.2) is 4.90 Å². The van der Waals surface area contributed by atoms with E-state index in [1.807, 2.05) is 42.5 Å². The lowest BCUT2D eigenvalue weighted by Gasteiger charge is -2.19. The monoisotopic (exact) mass is 279 g/mol. The molecule has 1 saturated heterocycles. The molecule has 0 aromatic heterocycles. The number of carbonyl (C=O) groups excluding carboxylic acids is 2. The first kappa shape index (κ1) is 12.6. The molecule has 0 radical (unpaired) electrons. The van der Waals surface area contributed by atoms with Gasteiger partial charge in [0, 0.05) is 5.39 Å². The lowest BCUT2D eigenvalue weighted by atomic mass is 9.81. The zero-order chi connectivity index (χ0) is 14.4. The number of amides is 2. The largest absolute Gasteiger partial charge is 0.274 e. The SMILES string of the molecule is O=C1C2CCCCC2C(=O)N1c1cccc2ccccc12. The topological polar surface area (TPSA) is 37.4 Å². The Morgan fingerprint density at radius 3 is 2.14 bits per heavy atom. The van der Waals surface area contributed by atoms with Crippen LogP contribution in [0.2, 0.25) is 0 Å². The molecule has 2 aliphatic rings. The number of hydrogen-bond acceptors (Lipinski definition) is 2. The van der Waals surface area contributed by atoms with Gasteiger partial charge in [-0.15, -0.1) is 0 Å². The van der Waals surface area contributed by atoms with Crippen LogP contribution in [0.5, 0.6) is 0 Å². The highest BCUT2D eigenvalue weighted by atomic mass is 16.2. The molecular formula is C18H17NO2. The zero-order valence-electron chi connectivity index (χ0n) is 11.8. The summed E-state index contributed by atoms with van der Waals surface area (Å²) in [6, 6.07) is 13.7. The lowest BCUT2D eigenvalue weighted by molar-refractivity contribution is -0.122. The van der Waals surface area contributed by atoms with Crippen molar-refractivity contribution in [3.63, 3.8) is 0 Å². The van der Waals surface area contributed by atoms with Gasteiger partial charge in [0.25, 0.3) is 0 Å². The molecule has 1 aliphatic heterocycles. The molecule has 3 nitrogen and oxygen atoms in total. The third-order valence-electron chi connectivity index (χ3n) is 4.85. The Labute approximate surface area is 123 Å². The summed E-state index contributed by atoms with van der Waals surface area (Å²) in [5.74, 6) is -0.183. The van der Waals surface area contributed by atoms with Gasteiger partial charge in [0.15, 0.2) is 0 Å². The van der Waals surface area contributed by atoms with Crippen LogP contribution in [-0.4, -0.2) is 11.8 Å². The molecule has 2 aromatic rings. The second-order valence-corrected chi connectivity index (χ2v) is 6.01. The quantitative estimate of drug-likeness (QED) is 0.749. The highest BCUT2D eigenvalue weighted by Gasteiger charge is 2.48. The number of rotatable bonds is 1. The van der Waals surface area contributed by atoms with Crippen LogP contribution in [0.1, 0.15) is 25.7 Å². The zero-order valence-corrected chi connectivity index (χ0v) is 11.8. The minimum Gasteiger partial charge on any atom is -0.274 e. The molecule has 1 heterocycles. The number of nitrogens with zero attached hydrogens (tertiary/aromatic N) is 1. The minimum atomic E-state index is -0.0924. The molecule has 2 atom stereocenters. The van der Waals surface area contributed by atoms with Crippen LogP contribution in [0.15, 0.2) is 42.5 Å². The number of benzene rings is 2. The summed E-state index contributed by atoms with van der Waals surface area (Å²) in [4.78, 5) is 26.8. The van der Waals surface area contributed by atoms with Crippen molar-refractivity contribution < 1.29 is 9.59 Å². The number of anilines is 1. The molecule has 2 amide bonds. The number of carbonyl (C=O) groups is 2. The van der Waals surface area contributed by atoms with Gasteiger partial charge in [-0.05, 0) is 24.3 Å². The summed E-state index contributed by atoms with van der Waals surface area (Å²) < 4.78 is 0. The Morgan fingerprint density at radius 2 is 1.43 bits per heavy atom. The Bertz CT molecular complexity index is 708. The van der Waals surface area contributed by atoms with Crippen LogP contribution in [0.4, 0.5) is 5.69 Å². The number of fused-ring (bicyclic) bond motifs is 2. The van der Waals surface area contributed by atoms with Crippen LogP contribution in [0.25, 0.3) is 10.8 Å². The predicted molar refractivity (Wildman–Crippen MR) is 81.9 cm³/mol. The molecule has 3 heteroatoms. The van der Waals surface area contributed by atoms with Gasteiger partial charge >= 0.3 is 0 Å². The molecule has 4 rings (SSSR count). The van der Waals surface area contributed by atoms with E-state index >= 15 is 0 Å². The first-order chi connectivity index (χ1) is 10.3. The summed E-state index contributed by atoms with van der Waals surface area (Å²) in [5.41, 5.74) is 0.748. The molecule has 0 N–H and O–H groups in total. The van der Waals surface area contributed by atoms with Gasteiger partial charge in [-0.3, -0.25) is 9.59 Å². The normalized spacial score (nSPS) is 25.4. The maximum Gasteiger partial charge on any atom is 0.237 e. The van der Waals surface area contributed by atoms with Crippen molar-refractivity contribution in [3.05, 3.63) is 42.5 Å². The van der Waals surface area contributed by atoms with Gasteiger partial charge in [-0.2, -0.15) is 0 Å². The molecule has 2 fully saturated rings. The Balaban J connectivity index is 1.85. The summed E-state index contributed by atoms with van der Waals surface area (Å²) in [7, 11) is 0. The van der Waals surface area contributed by atoms with Crippen LogP contribution in [0.3, 0.4) is 0 Å². The van der Waals surface area contributed by atoms with Crippen molar-refractivity contribution in [2.45, 2.75) is 25.7 Å². The molecule has 0 bridgehead atoms. The van der Waals surface area contributed by atoms with E-state index in [4.69, 9.17) is 0 Å². The van der Waals surface area contributed by atoms with Crippen LogP contribution in [-0.2, 0) is 9.59 Å². The highest BCUT2D eigenvalue weighted by molar-refractivity contribution is 6.24. The molecule has 2 aromatic carbocycles. The first-order valence-corrected chi connectivity index (χ1v) is 7.63. The van der Waals surface area contributed by atoms with E-state index in [0.29, 0.717) is 0 Å². The van der Waals surface area contributed by atoms with Gasteiger partial charge in [0.05, 0.1) is 17.5 Å². The van der Waals surface area contributed by atoms with Crippen LogP contribution >= 0.6 is 0 Å². The summed E-state index contributed by atoms with van der Waals surface area (Å²) in [6.07, 6.45) is 3.83. The summed E-state index contributed by atoms with van der Waals surface area (Å²) in [5, 5.41) is 2.03. The molecule has 1 aliphatic carbocycles. The highest BCUT2D eigenvalue weighted by Crippen LogP contribution is 2.41. The lowest BCUT2D eigenvalue weighted by Crippen LogP contribution is -2.31. The predicted octanol–water partition coefficient (Wildman–Crippen LogP) is 3.52. The first-order valence-electron chi connectivity index (χ1n) is 7.63. The van der Waals surface area contributed by atoms with Crippen molar-refractivity contribution in [1.82, 2.24) is 0 Å². The fourth-order valence-corrected chi connectivity index (χ4v) is 3.80. The fourth-order valence-electron chi connectivity index (χ4n) is 3.80. The standard InChI is InChI=1S/C18H17NO2/c20-17-14-9-3-4-10-15(14)18(21)19(17)16-11-5-7-12-6-1-2-8-13(12)16/h1-2,5-8,11,14-15H,3-4,9-10H2. The number of imide groups is 1. The third kappa shape index (κ3) is 1.80. The van der Waals surface area contributed by atoms with E-state index in [0.717, 1.165) is 42.1 Å². The molecule has 2 unspecified atom stereocenters. The van der Waals surface area contributed by atoms with Crippen molar-refractivity contribution in [1.29, 1.82) is 0 Å². The van der Waals surface area contributed by atoms with E-state index in [-0.39, 0.29) is 23.7 Å². The summed E-state index contributed by atoms with van der Waals surface area (Å²) in [6.45, 7) is 0. The van der Waals surface area contributed by atoms with Gasteiger partial charge in [0.2, 0.25) is 11.8 Å². The number of hydrogen-bond donors (Lipinski definition) is 0. The van der Waals surface area contributed by atoms with E-state index in [1.54, 1.807) is 0 Å². The van der Waals surface area contributed by atoms with E-state index < -0.39 is 0 Å². The van der Waals surface area contributed by atoms with Crippen molar-refractivity contribution in [2.24, 2.45) is 11.8 Å². The van der Waals surface area contributed by atoms with Crippen molar-refractivity contribution in [2.75, 3.05) is 4.90 Å². The molecule has 1 saturated carbocycles. The Morgan fingerprint density at radius 1 is 0.810 bits per heavy atom. The van der Waals surface area contributed by atoms with E-state index in [1.165, 1.54) is 4.90 Å². The van der Waals surface area contributed by atoms with Gasteiger partial charge in [-0.1, -0.05) is 49.2 Å². The van der Waals surface area contributed by atoms with E-state index in [9.17, 15) is 9.59 Å². The second-order valence-electron chi connectivity index (χ2n) is 6.01. The van der Waals surface area contributed by atoms with Crippen LogP contribution in [0, 0.1) is 11.8 Å². The van der Waals surface area contributed by atoms with Gasteiger partial charge in [0.1, 0.15) is 0 Å². The minimum absolute atomic E-state index is 0.000975. The van der Waals surface area contributed by atoms with Crippen molar-refractivity contribution in [3.8, 4) is 0 Å². The van der Waals surface area contributed by atoms with Crippen molar-refractivity contribution >= 4 is 28.3 Å². The molecular weight excluding hydrogens is 262 g/mol. The maximum absolute atomic E-state index is 12.7. The molecule has 0 spiro atoms. The Kier molecular flexibility index (Phi) is 2.81. The third-order valence-corrected chi connectivity index (χ3v) is 4.85. The average molecular weight is 279 g/mol. The fraction of sp³-hybridized carbons (Fsp3) is 0.333. The van der Waals surface area contributed by atoms with E-state index in [2.05, 4.69) is 0 Å².